The van der Waals surface area contributed by atoms with Gasteiger partial charge in [0.2, 0.25) is 0 Å². The van der Waals surface area contributed by atoms with Crippen LogP contribution in [-0.2, 0) is 0 Å². The van der Waals surface area contributed by atoms with Gasteiger partial charge in [0.05, 0.1) is 6.61 Å². The van der Waals surface area contributed by atoms with E-state index in [1.165, 1.54) is 45.7 Å². The zero-order valence-corrected chi connectivity index (χ0v) is 13.1. The second kappa shape index (κ2) is 8.50. The standard InChI is InChI=1S/C16H25ClN2O/c1-2-18-9-11-19(12-10-18)8-3-4-13-20-16-7-5-6-15(17)14-16/h5-7,14H,2-4,8-13H2,1H3. The highest BCUT2D eigenvalue weighted by Gasteiger charge is 2.14. The molecule has 0 aliphatic carbocycles. The predicted molar refractivity (Wildman–Crippen MR) is 84.7 cm³/mol. The average molecular weight is 297 g/mol. The normalized spacial score (nSPS) is 17.3. The fourth-order valence-electron chi connectivity index (χ4n) is 2.51. The molecule has 0 amide bonds. The fraction of sp³-hybridized carbons (Fsp3) is 0.625. The number of piperazine rings is 1. The van der Waals surface area contributed by atoms with Gasteiger partial charge in [0.15, 0.2) is 0 Å². The number of unbranched alkanes of at least 4 members (excludes halogenated alkanes) is 1. The van der Waals surface area contributed by atoms with Crippen molar-refractivity contribution in [2.75, 3.05) is 45.9 Å². The topological polar surface area (TPSA) is 15.7 Å². The van der Waals surface area contributed by atoms with E-state index in [2.05, 4.69) is 16.7 Å². The summed E-state index contributed by atoms with van der Waals surface area (Å²) in [7, 11) is 0. The van der Waals surface area contributed by atoms with E-state index in [0.717, 1.165) is 23.8 Å². The Balaban J connectivity index is 1.54. The van der Waals surface area contributed by atoms with Crippen LogP contribution in [0, 0.1) is 0 Å². The monoisotopic (exact) mass is 296 g/mol. The van der Waals surface area contributed by atoms with Crippen LogP contribution in [0.4, 0.5) is 0 Å². The van der Waals surface area contributed by atoms with Gasteiger partial charge >= 0.3 is 0 Å². The Bertz CT molecular complexity index is 392. The smallest absolute Gasteiger partial charge is 0.120 e. The summed E-state index contributed by atoms with van der Waals surface area (Å²) < 4.78 is 5.70. The largest absolute Gasteiger partial charge is 0.494 e. The van der Waals surface area contributed by atoms with E-state index < -0.39 is 0 Å². The van der Waals surface area contributed by atoms with Crippen molar-refractivity contribution in [3.05, 3.63) is 29.3 Å². The molecule has 0 aromatic heterocycles. The van der Waals surface area contributed by atoms with Crippen LogP contribution in [0.15, 0.2) is 24.3 Å². The Hall–Kier alpha value is -0.770. The average Bonchev–Trinajstić information content (AvgIpc) is 2.48. The zero-order chi connectivity index (χ0) is 14.2. The van der Waals surface area contributed by atoms with Crippen LogP contribution >= 0.6 is 11.6 Å². The van der Waals surface area contributed by atoms with Crippen LogP contribution in [0.1, 0.15) is 19.8 Å². The number of rotatable bonds is 7. The molecule has 0 saturated carbocycles. The SMILES string of the molecule is CCN1CCN(CCCCOc2cccc(Cl)c2)CC1. The van der Waals surface area contributed by atoms with Gasteiger partial charge in [-0.25, -0.2) is 0 Å². The maximum atomic E-state index is 5.92. The Morgan fingerprint density at radius 1 is 1.10 bits per heavy atom. The summed E-state index contributed by atoms with van der Waals surface area (Å²) in [6.07, 6.45) is 2.30. The van der Waals surface area contributed by atoms with Crippen LogP contribution in [0.25, 0.3) is 0 Å². The van der Waals surface area contributed by atoms with E-state index in [-0.39, 0.29) is 0 Å². The first kappa shape index (κ1) is 15.6. The highest BCUT2D eigenvalue weighted by Crippen LogP contribution is 2.17. The molecule has 112 valence electrons. The van der Waals surface area contributed by atoms with Crippen LogP contribution in [0.5, 0.6) is 5.75 Å². The molecular formula is C16H25ClN2O. The highest BCUT2D eigenvalue weighted by molar-refractivity contribution is 6.30. The molecule has 3 nitrogen and oxygen atoms in total. The molecule has 2 rings (SSSR count). The summed E-state index contributed by atoms with van der Waals surface area (Å²) in [5, 5.41) is 0.733. The van der Waals surface area contributed by atoms with E-state index in [4.69, 9.17) is 16.3 Å². The Labute approximate surface area is 127 Å². The van der Waals surface area contributed by atoms with Crippen molar-refractivity contribution in [2.45, 2.75) is 19.8 Å². The van der Waals surface area contributed by atoms with Crippen molar-refractivity contribution in [2.24, 2.45) is 0 Å². The molecule has 0 radical (unpaired) electrons. The van der Waals surface area contributed by atoms with Crippen LogP contribution in [-0.4, -0.2) is 55.7 Å². The van der Waals surface area contributed by atoms with Gasteiger partial charge in [-0.3, -0.25) is 0 Å². The van der Waals surface area contributed by atoms with Gasteiger partial charge in [0.25, 0.3) is 0 Å². The van der Waals surface area contributed by atoms with E-state index in [1.807, 2.05) is 24.3 Å². The first-order chi connectivity index (χ1) is 9.78. The molecule has 0 bridgehead atoms. The zero-order valence-electron chi connectivity index (χ0n) is 12.4. The van der Waals surface area contributed by atoms with Gasteiger partial charge in [-0.1, -0.05) is 24.6 Å². The number of likely N-dealkylation sites (N-methyl/N-ethyl adjacent to an activating group) is 1. The predicted octanol–water partition coefficient (Wildman–Crippen LogP) is 3.14. The van der Waals surface area contributed by atoms with Gasteiger partial charge in [-0.15, -0.1) is 0 Å². The third kappa shape index (κ3) is 5.31. The van der Waals surface area contributed by atoms with Crippen LogP contribution in [0.2, 0.25) is 5.02 Å². The molecule has 1 aliphatic rings. The summed E-state index contributed by atoms with van der Waals surface area (Å²) in [5.74, 6) is 0.870. The van der Waals surface area contributed by atoms with Crippen molar-refractivity contribution in [1.82, 2.24) is 9.80 Å². The van der Waals surface area contributed by atoms with Crippen LogP contribution < -0.4 is 4.74 Å². The molecular weight excluding hydrogens is 272 g/mol. The molecule has 1 heterocycles. The second-order valence-corrected chi connectivity index (χ2v) is 5.73. The van der Waals surface area contributed by atoms with E-state index in [9.17, 15) is 0 Å². The van der Waals surface area contributed by atoms with Gasteiger partial charge in [-0.2, -0.15) is 0 Å². The minimum Gasteiger partial charge on any atom is -0.494 e. The molecule has 0 atom stereocenters. The van der Waals surface area contributed by atoms with Crippen molar-refractivity contribution in [3.8, 4) is 5.75 Å². The lowest BCUT2D eigenvalue weighted by Crippen LogP contribution is -2.46. The van der Waals surface area contributed by atoms with Gasteiger partial charge in [0.1, 0.15) is 5.75 Å². The summed E-state index contributed by atoms with van der Waals surface area (Å²) in [6.45, 7) is 10.2. The number of hydrogen-bond donors (Lipinski definition) is 0. The molecule has 1 aromatic rings. The van der Waals surface area contributed by atoms with Gasteiger partial charge < -0.3 is 14.5 Å². The van der Waals surface area contributed by atoms with Crippen LogP contribution in [0.3, 0.4) is 0 Å². The van der Waals surface area contributed by atoms with Crippen molar-refractivity contribution in [1.29, 1.82) is 0 Å². The molecule has 1 aromatic carbocycles. The molecule has 0 spiro atoms. The first-order valence-electron chi connectivity index (χ1n) is 7.61. The molecule has 0 N–H and O–H groups in total. The summed E-state index contributed by atoms with van der Waals surface area (Å²) in [4.78, 5) is 5.07. The lowest BCUT2D eigenvalue weighted by molar-refractivity contribution is 0.134. The maximum Gasteiger partial charge on any atom is 0.120 e. The second-order valence-electron chi connectivity index (χ2n) is 5.29. The van der Waals surface area contributed by atoms with E-state index in [1.54, 1.807) is 0 Å². The minimum absolute atomic E-state index is 0.733. The third-order valence-corrected chi connectivity index (χ3v) is 4.08. The molecule has 1 fully saturated rings. The molecule has 0 unspecified atom stereocenters. The number of halogens is 1. The molecule has 1 aliphatic heterocycles. The van der Waals surface area contributed by atoms with Gasteiger partial charge in [0, 0.05) is 31.2 Å². The summed E-state index contributed by atoms with van der Waals surface area (Å²) >= 11 is 5.92. The number of hydrogen-bond acceptors (Lipinski definition) is 3. The van der Waals surface area contributed by atoms with Crippen molar-refractivity contribution >= 4 is 11.6 Å². The first-order valence-corrected chi connectivity index (χ1v) is 7.99. The minimum atomic E-state index is 0.733. The number of ether oxygens (including phenoxy) is 1. The van der Waals surface area contributed by atoms with Crippen molar-refractivity contribution < 1.29 is 4.74 Å². The van der Waals surface area contributed by atoms with Gasteiger partial charge in [-0.05, 0) is 44.1 Å². The number of nitrogens with zero attached hydrogens (tertiary/aromatic N) is 2. The molecule has 4 heteroatoms. The molecule has 20 heavy (non-hydrogen) atoms. The van der Waals surface area contributed by atoms with Crippen molar-refractivity contribution in [3.63, 3.8) is 0 Å². The number of benzene rings is 1. The summed E-state index contributed by atoms with van der Waals surface area (Å²) in [6, 6.07) is 7.61. The Morgan fingerprint density at radius 2 is 1.85 bits per heavy atom. The maximum absolute atomic E-state index is 5.92. The van der Waals surface area contributed by atoms with E-state index >= 15 is 0 Å². The Kier molecular flexibility index (Phi) is 6.64. The molecule has 1 saturated heterocycles. The Morgan fingerprint density at radius 3 is 2.55 bits per heavy atom. The third-order valence-electron chi connectivity index (χ3n) is 3.85. The highest BCUT2D eigenvalue weighted by atomic mass is 35.5. The lowest BCUT2D eigenvalue weighted by atomic mass is 10.2. The lowest BCUT2D eigenvalue weighted by Gasteiger charge is -2.33. The van der Waals surface area contributed by atoms with E-state index in [0.29, 0.717) is 0 Å². The quantitative estimate of drug-likeness (QED) is 0.719. The fourth-order valence-corrected chi connectivity index (χ4v) is 2.69. The summed E-state index contributed by atoms with van der Waals surface area (Å²) in [5.41, 5.74) is 0.